The van der Waals surface area contributed by atoms with Crippen molar-refractivity contribution in [1.82, 2.24) is 19.7 Å². The van der Waals surface area contributed by atoms with Gasteiger partial charge in [0.15, 0.2) is 11.0 Å². The number of nitrogens with zero attached hydrogens (tertiary/aromatic N) is 4. The summed E-state index contributed by atoms with van der Waals surface area (Å²) in [4.78, 5) is 14.2. The van der Waals surface area contributed by atoms with Gasteiger partial charge in [-0.15, -0.1) is 10.2 Å². The summed E-state index contributed by atoms with van der Waals surface area (Å²) in [6, 6.07) is 14.4. The lowest BCUT2D eigenvalue weighted by molar-refractivity contribution is -0.127. The molecule has 0 N–H and O–H groups in total. The Balaban J connectivity index is 1.68. The van der Waals surface area contributed by atoms with Crippen molar-refractivity contribution in [3.05, 3.63) is 65.5 Å². The van der Waals surface area contributed by atoms with E-state index in [4.69, 9.17) is 0 Å². The molecule has 29 heavy (non-hydrogen) atoms. The van der Waals surface area contributed by atoms with Gasteiger partial charge in [0.05, 0.1) is 5.75 Å². The molecule has 0 aliphatic heterocycles. The van der Waals surface area contributed by atoms with E-state index in [9.17, 15) is 9.18 Å². The highest BCUT2D eigenvalue weighted by molar-refractivity contribution is 7.99. The Morgan fingerprint density at radius 3 is 2.62 bits per heavy atom. The van der Waals surface area contributed by atoms with Crippen LogP contribution in [0.2, 0.25) is 0 Å². The van der Waals surface area contributed by atoms with E-state index in [1.165, 1.54) is 29.5 Å². The van der Waals surface area contributed by atoms with Gasteiger partial charge >= 0.3 is 0 Å². The number of thioether (sulfide) groups is 1. The van der Waals surface area contributed by atoms with Crippen LogP contribution in [-0.2, 0) is 17.9 Å². The molecule has 0 radical (unpaired) electrons. The van der Waals surface area contributed by atoms with E-state index in [-0.39, 0.29) is 17.5 Å². The molecule has 0 unspecified atom stereocenters. The van der Waals surface area contributed by atoms with E-state index in [1.54, 1.807) is 24.1 Å². The first-order valence-corrected chi connectivity index (χ1v) is 10.6. The van der Waals surface area contributed by atoms with Crippen LogP contribution in [0.1, 0.15) is 24.5 Å². The minimum atomic E-state index is -0.280. The van der Waals surface area contributed by atoms with Gasteiger partial charge < -0.3 is 9.47 Å². The van der Waals surface area contributed by atoms with E-state index in [0.717, 1.165) is 35.1 Å². The largest absolute Gasteiger partial charge is 0.341 e. The molecule has 1 amide bonds. The Labute approximate surface area is 175 Å². The zero-order valence-corrected chi connectivity index (χ0v) is 17.7. The maximum Gasteiger partial charge on any atom is 0.233 e. The average Bonchev–Trinajstić information content (AvgIpc) is 3.11. The molecular formula is C22H25FN4OS. The SMILES string of the molecule is CCCn1c(SCC(=O)N(C)Cc2ccc(F)cc2)nnc1-c1cccc(C)c1. The van der Waals surface area contributed by atoms with E-state index >= 15 is 0 Å². The van der Waals surface area contributed by atoms with Crippen molar-refractivity contribution in [2.75, 3.05) is 12.8 Å². The van der Waals surface area contributed by atoms with Gasteiger partial charge in [-0.05, 0) is 37.1 Å². The maximum atomic E-state index is 13.0. The lowest BCUT2D eigenvalue weighted by Gasteiger charge is -2.17. The summed E-state index contributed by atoms with van der Waals surface area (Å²) in [6.45, 7) is 5.39. The Bertz CT molecular complexity index is 971. The van der Waals surface area contributed by atoms with Crippen LogP contribution in [0.25, 0.3) is 11.4 Å². The van der Waals surface area contributed by atoms with Crippen molar-refractivity contribution in [2.45, 2.75) is 38.5 Å². The summed E-state index contributed by atoms with van der Waals surface area (Å²) < 4.78 is 15.1. The number of aromatic nitrogens is 3. The fourth-order valence-electron chi connectivity index (χ4n) is 3.01. The van der Waals surface area contributed by atoms with Crippen molar-refractivity contribution < 1.29 is 9.18 Å². The number of carbonyl (C=O) groups is 1. The topological polar surface area (TPSA) is 51.0 Å². The molecule has 3 aromatic rings. The molecule has 0 spiro atoms. The first-order valence-electron chi connectivity index (χ1n) is 9.59. The molecule has 0 atom stereocenters. The van der Waals surface area contributed by atoms with E-state index in [0.29, 0.717) is 6.54 Å². The number of hydrogen-bond acceptors (Lipinski definition) is 4. The quantitative estimate of drug-likeness (QED) is 0.509. The third-order valence-corrected chi connectivity index (χ3v) is 5.48. The molecule has 1 aromatic heterocycles. The summed E-state index contributed by atoms with van der Waals surface area (Å²) in [5, 5.41) is 9.45. The van der Waals surface area contributed by atoms with Crippen molar-refractivity contribution in [1.29, 1.82) is 0 Å². The highest BCUT2D eigenvalue weighted by Crippen LogP contribution is 2.25. The van der Waals surface area contributed by atoms with Gasteiger partial charge in [-0.25, -0.2) is 4.39 Å². The predicted molar refractivity (Wildman–Crippen MR) is 114 cm³/mol. The molecule has 0 bridgehead atoms. The van der Waals surface area contributed by atoms with Gasteiger partial charge in [0.1, 0.15) is 5.82 Å². The standard InChI is InChI=1S/C22H25FN4OS/c1-4-12-27-21(18-7-5-6-16(2)13-18)24-25-22(27)29-15-20(28)26(3)14-17-8-10-19(23)11-9-17/h5-11,13H,4,12,14-15H2,1-3H3. The van der Waals surface area contributed by atoms with Crippen molar-refractivity contribution in [3.63, 3.8) is 0 Å². The maximum absolute atomic E-state index is 13.0. The van der Waals surface area contributed by atoms with Crippen molar-refractivity contribution in [3.8, 4) is 11.4 Å². The van der Waals surface area contributed by atoms with Crippen LogP contribution in [-0.4, -0.2) is 38.4 Å². The Morgan fingerprint density at radius 1 is 1.17 bits per heavy atom. The van der Waals surface area contributed by atoms with Crippen molar-refractivity contribution >= 4 is 17.7 Å². The number of amides is 1. The molecule has 152 valence electrons. The zero-order valence-electron chi connectivity index (χ0n) is 16.9. The van der Waals surface area contributed by atoms with Crippen LogP contribution >= 0.6 is 11.8 Å². The van der Waals surface area contributed by atoms with Gasteiger partial charge in [-0.3, -0.25) is 4.79 Å². The number of benzene rings is 2. The van der Waals surface area contributed by atoms with Crippen LogP contribution in [0.4, 0.5) is 4.39 Å². The molecule has 0 saturated heterocycles. The lowest BCUT2D eigenvalue weighted by atomic mass is 10.1. The lowest BCUT2D eigenvalue weighted by Crippen LogP contribution is -2.27. The van der Waals surface area contributed by atoms with Crippen LogP contribution in [0.5, 0.6) is 0 Å². The fourth-order valence-corrected chi connectivity index (χ4v) is 3.91. The molecule has 0 aliphatic rings. The number of carbonyl (C=O) groups excluding carboxylic acids is 1. The molecule has 5 nitrogen and oxygen atoms in total. The third kappa shape index (κ3) is 5.44. The molecule has 0 fully saturated rings. The van der Waals surface area contributed by atoms with Crippen molar-refractivity contribution in [2.24, 2.45) is 0 Å². The minimum Gasteiger partial charge on any atom is -0.341 e. The Kier molecular flexibility index (Phi) is 7.04. The summed E-state index contributed by atoms with van der Waals surface area (Å²) in [7, 11) is 1.75. The van der Waals surface area contributed by atoms with E-state index in [2.05, 4.69) is 40.7 Å². The monoisotopic (exact) mass is 412 g/mol. The second-order valence-electron chi connectivity index (χ2n) is 6.99. The molecule has 7 heteroatoms. The Hall–Kier alpha value is -2.67. The Morgan fingerprint density at radius 2 is 1.93 bits per heavy atom. The third-order valence-electron chi connectivity index (χ3n) is 4.52. The van der Waals surface area contributed by atoms with Crippen LogP contribution in [0.3, 0.4) is 0 Å². The van der Waals surface area contributed by atoms with E-state index < -0.39 is 0 Å². The molecule has 1 heterocycles. The summed E-state index contributed by atoms with van der Waals surface area (Å²) in [5.74, 6) is 0.804. The first-order chi connectivity index (χ1) is 14.0. The highest BCUT2D eigenvalue weighted by atomic mass is 32.2. The number of aryl methyl sites for hydroxylation is 1. The van der Waals surface area contributed by atoms with Gasteiger partial charge in [0, 0.05) is 25.7 Å². The predicted octanol–water partition coefficient (Wildman–Crippen LogP) is 4.55. The van der Waals surface area contributed by atoms with Crippen LogP contribution in [0, 0.1) is 12.7 Å². The van der Waals surface area contributed by atoms with E-state index in [1.807, 2.05) is 12.1 Å². The minimum absolute atomic E-state index is 0.0116. The second kappa shape index (κ2) is 9.69. The van der Waals surface area contributed by atoms with Crippen LogP contribution in [0.15, 0.2) is 53.7 Å². The van der Waals surface area contributed by atoms with Gasteiger partial charge in [-0.1, -0.05) is 54.6 Å². The molecule has 0 saturated carbocycles. The first kappa shape index (κ1) is 21.0. The van der Waals surface area contributed by atoms with Crippen LogP contribution < -0.4 is 0 Å². The smallest absolute Gasteiger partial charge is 0.233 e. The normalized spacial score (nSPS) is 10.9. The summed E-state index contributed by atoms with van der Waals surface area (Å²) in [5.41, 5.74) is 3.08. The summed E-state index contributed by atoms with van der Waals surface area (Å²) >= 11 is 1.39. The molecule has 0 aliphatic carbocycles. The number of halogens is 1. The average molecular weight is 413 g/mol. The highest BCUT2D eigenvalue weighted by Gasteiger charge is 2.17. The molecule has 2 aromatic carbocycles. The molecule has 3 rings (SSSR count). The summed E-state index contributed by atoms with van der Waals surface area (Å²) in [6.07, 6.45) is 0.947. The van der Waals surface area contributed by atoms with Gasteiger partial charge in [-0.2, -0.15) is 0 Å². The van der Waals surface area contributed by atoms with Gasteiger partial charge in [0.25, 0.3) is 0 Å². The second-order valence-corrected chi connectivity index (χ2v) is 7.93. The number of hydrogen-bond donors (Lipinski definition) is 0. The molecular weight excluding hydrogens is 387 g/mol. The zero-order chi connectivity index (χ0) is 20.8. The number of rotatable bonds is 8. The fraction of sp³-hybridized carbons (Fsp3) is 0.318. The van der Waals surface area contributed by atoms with Gasteiger partial charge in [0.2, 0.25) is 5.91 Å².